The van der Waals surface area contributed by atoms with E-state index < -0.39 is 5.60 Å². The Bertz CT molecular complexity index is 312. The maximum absolute atomic E-state index is 9.80. The van der Waals surface area contributed by atoms with Crippen molar-refractivity contribution in [3.8, 4) is 5.75 Å². The molecule has 1 aromatic rings. The summed E-state index contributed by atoms with van der Waals surface area (Å²) in [5.41, 5.74) is 0.561. The summed E-state index contributed by atoms with van der Waals surface area (Å²) in [6, 6.07) is 8.06. The average molecular weight is 222 g/mol. The van der Waals surface area contributed by atoms with E-state index in [1.54, 1.807) is 6.92 Å². The fraction of sp³-hybridized carbons (Fsp3) is 0.571. The normalized spacial score (nSPS) is 14.9. The standard InChI is InChI=1S/C14H22O2/c1-5-14(4,15)10-16-13-8-6-12(7-9-13)11(2)3/h6-9,11,15H,5,10H2,1-4H3. The molecule has 0 saturated carbocycles. The number of hydrogen-bond donors (Lipinski definition) is 1. The van der Waals surface area contributed by atoms with Crippen LogP contribution < -0.4 is 4.74 Å². The first-order chi connectivity index (χ1) is 7.44. The van der Waals surface area contributed by atoms with Gasteiger partial charge in [-0.05, 0) is 37.0 Å². The topological polar surface area (TPSA) is 29.5 Å². The predicted molar refractivity (Wildman–Crippen MR) is 66.9 cm³/mol. The van der Waals surface area contributed by atoms with Crippen LogP contribution >= 0.6 is 0 Å². The third kappa shape index (κ3) is 3.86. The van der Waals surface area contributed by atoms with Gasteiger partial charge in [0, 0.05) is 0 Å². The van der Waals surface area contributed by atoms with Crippen molar-refractivity contribution in [2.45, 2.75) is 45.6 Å². The van der Waals surface area contributed by atoms with Gasteiger partial charge in [0.05, 0.1) is 5.60 Å². The predicted octanol–water partition coefficient (Wildman–Crippen LogP) is 3.35. The van der Waals surface area contributed by atoms with Crippen molar-refractivity contribution < 1.29 is 9.84 Å². The highest BCUT2D eigenvalue weighted by atomic mass is 16.5. The Morgan fingerprint density at radius 1 is 1.25 bits per heavy atom. The molecule has 1 atom stereocenters. The average Bonchev–Trinajstić information content (AvgIpc) is 2.27. The Hall–Kier alpha value is -1.02. The fourth-order valence-electron chi connectivity index (χ4n) is 1.29. The van der Waals surface area contributed by atoms with Crippen molar-refractivity contribution in [1.82, 2.24) is 0 Å². The highest BCUT2D eigenvalue weighted by Crippen LogP contribution is 2.19. The highest BCUT2D eigenvalue weighted by molar-refractivity contribution is 5.28. The largest absolute Gasteiger partial charge is 0.491 e. The molecular weight excluding hydrogens is 200 g/mol. The third-order valence-electron chi connectivity index (χ3n) is 2.86. The quantitative estimate of drug-likeness (QED) is 0.828. The van der Waals surface area contributed by atoms with E-state index >= 15 is 0 Å². The van der Waals surface area contributed by atoms with Gasteiger partial charge in [0.2, 0.25) is 0 Å². The summed E-state index contributed by atoms with van der Waals surface area (Å²) in [7, 11) is 0. The summed E-state index contributed by atoms with van der Waals surface area (Å²) in [5.74, 6) is 1.35. The molecule has 1 rings (SSSR count). The minimum absolute atomic E-state index is 0.338. The van der Waals surface area contributed by atoms with Crippen LogP contribution in [0.4, 0.5) is 0 Å². The van der Waals surface area contributed by atoms with Gasteiger partial charge in [0.15, 0.2) is 0 Å². The van der Waals surface area contributed by atoms with Crippen molar-refractivity contribution in [3.05, 3.63) is 29.8 Å². The highest BCUT2D eigenvalue weighted by Gasteiger charge is 2.18. The zero-order valence-corrected chi connectivity index (χ0v) is 10.7. The lowest BCUT2D eigenvalue weighted by molar-refractivity contribution is 0.00846. The Kier molecular flexibility index (Phi) is 4.36. The van der Waals surface area contributed by atoms with E-state index in [-0.39, 0.29) is 0 Å². The molecule has 0 spiro atoms. The molecule has 0 saturated heterocycles. The first-order valence-corrected chi connectivity index (χ1v) is 5.90. The van der Waals surface area contributed by atoms with Crippen molar-refractivity contribution in [3.63, 3.8) is 0 Å². The molecule has 1 unspecified atom stereocenters. The summed E-state index contributed by atoms with van der Waals surface area (Å²) in [4.78, 5) is 0. The molecule has 2 heteroatoms. The molecule has 0 radical (unpaired) electrons. The first-order valence-electron chi connectivity index (χ1n) is 5.90. The molecule has 0 amide bonds. The monoisotopic (exact) mass is 222 g/mol. The molecule has 16 heavy (non-hydrogen) atoms. The van der Waals surface area contributed by atoms with E-state index in [1.807, 2.05) is 19.1 Å². The van der Waals surface area contributed by atoms with Crippen LogP contribution in [0.5, 0.6) is 5.75 Å². The molecule has 0 aliphatic heterocycles. The molecule has 2 nitrogen and oxygen atoms in total. The second-order valence-corrected chi connectivity index (χ2v) is 4.86. The first kappa shape index (κ1) is 13.0. The SMILES string of the molecule is CCC(C)(O)COc1ccc(C(C)C)cc1. The number of ether oxygens (including phenoxy) is 1. The molecule has 0 aliphatic rings. The van der Waals surface area contributed by atoms with Gasteiger partial charge in [-0.25, -0.2) is 0 Å². The van der Waals surface area contributed by atoms with Gasteiger partial charge < -0.3 is 9.84 Å². The molecule has 0 aliphatic carbocycles. The molecular formula is C14H22O2. The van der Waals surface area contributed by atoms with Crippen LogP contribution in [0, 0.1) is 0 Å². The van der Waals surface area contributed by atoms with E-state index in [9.17, 15) is 5.11 Å². The van der Waals surface area contributed by atoms with Gasteiger partial charge in [-0.15, -0.1) is 0 Å². The molecule has 0 aromatic heterocycles. The molecule has 90 valence electrons. The van der Waals surface area contributed by atoms with Gasteiger partial charge in [0.1, 0.15) is 12.4 Å². The van der Waals surface area contributed by atoms with Crippen molar-refractivity contribution in [2.24, 2.45) is 0 Å². The smallest absolute Gasteiger partial charge is 0.119 e. The number of hydrogen-bond acceptors (Lipinski definition) is 2. The van der Waals surface area contributed by atoms with Crippen molar-refractivity contribution in [2.75, 3.05) is 6.61 Å². The van der Waals surface area contributed by atoms with Crippen LogP contribution in [-0.4, -0.2) is 17.3 Å². The molecule has 1 N–H and O–H groups in total. The Balaban J connectivity index is 2.56. The number of benzene rings is 1. The van der Waals surface area contributed by atoms with E-state index in [0.717, 1.165) is 5.75 Å². The van der Waals surface area contributed by atoms with Crippen LogP contribution in [0.25, 0.3) is 0 Å². The molecule has 0 heterocycles. The maximum Gasteiger partial charge on any atom is 0.119 e. The van der Waals surface area contributed by atoms with Crippen LogP contribution in [0.3, 0.4) is 0 Å². The Labute approximate surface area is 98.3 Å². The Morgan fingerprint density at radius 3 is 2.25 bits per heavy atom. The van der Waals surface area contributed by atoms with Crippen LogP contribution in [0.1, 0.15) is 45.6 Å². The fourth-order valence-corrected chi connectivity index (χ4v) is 1.29. The Morgan fingerprint density at radius 2 is 1.81 bits per heavy atom. The summed E-state index contributed by atoms with van der Waals surface area (Å²) < 4.78 is 5.55. The molecule has 0 fully saturated rings. The minimum atomic E-state index is -0.739. The van der Waals surface area contributed by atoms with Crippen LogP contribution in [-0.2, 0) is 0 Å². The third-order valence-corrected chi connectivity index (χ3v) is 2.86. The zero-order chi connectivity index (χ0) is 12.2. The molecule has 0 bridgehead atoms. The van der Waals surface area contributed by atoms with E-state index in [4.69, 9.17) is 4.74 Å². The van der Waals surface area contributed by atoms with Gasteiger partial charge in [0.25, 0.3) is 0 Å². The van der Waals surface area contributed by atoms with Crippen molar-refractivity contribution in [1.29, 1.82) is 0 Å². The number of rotatable bonds is 5. The second-order valence-electron chi connectivity index (χ2n) is 4.86. The van der Waals surface area contributed by atoms with Gasteiger partial charge in [-0.1, -0.05) is 32.9 Å². The van der Waals surface area contributed by atoms with E-state index in [2.05, 4.69) is 26.0 Å². The zero-order valence-electron chi connectivity index (χ0n) is 10.7. The van der Waals surface area contributed by atoms with E-state index in [1.165, 1.54) is 5.56 Å². The lowest BCUT2D eigenvalue weighted by atomic mass is 10.0. The van der Waals surface area contributed by atoms with Crippen molar-refractivity contribution >= 4 is 0 Å². The summed E-state index contributed by atoms with van der Waals surface area (Å²) in [5, 5.41) is 9.80. The van der Waals surface area contributed by atoms with Crippen LogP contribution in [0.15, 0.2) is 24.3 Å². The van der Waals surface area contributed by atoms with Gasteiger partial charge >= 0.3 is 0 Å². The molecule has 1 aromatic carbocycles. The van der Waals surface area contributed by atoms with Crippen LogP contribution in [0.2, 0.25) is 0 Å². The minimum Gasteiger partial charge on any atom is -0.491 e. The van der Waals surface area contributed by atoms with Gasteiger partial charge in [-0.2, -0.15) is 0 Å². The number of aliphatic hydroxyl groups is 1. The van der Waals surface area contributed by atoms with Gasteiger partial charge in [-0.3, -0.25) is 0 Å². The maximum atomic E-state index is 9.80. The lowest BCUT2D eigenvalue weighted by Gasteiger charge is -2.21. The lowest BCUT2D eigenvalue weighted by Crippen LogP contribution is -2.31. The summed E-state index contributed by atoms with van der Waals surface area (Å²) in [6.07, 6.45) is 0.692. The second kappa shape index (κ2) is 5.35. The summed E-state index contributed by atoms with van der Waals surface area (Å²) in [6.45, 7) is 8.40. The summed E-state index contributed by atoms with van der Waals surface area (Å²) >= 11 is 0. The van der Waals surface area contributed by atoms with E-state index in [0.29, 0.717) is 18.9 Å².